The van der Waals surface area contributed by atoms with Gasteiger partial charge in [0.25, 0.3) is 0 Å². The molecule has 1 saturated carbocycles. The van der Waals surface area contributed by atoms with Crippen molar-refractivity contribution < 1.29 is 9.47 Å². The molecule has 0 spiro atoms. The number of ether oxygens (including phenoxy) is 2. The lowest BCUT2D eigenvalue weighted by molar-refractivity contribution is 0.354. The van der Waals surface area contributed by atoms with Crippen molar-refractivity contribution in [3.05, 3.63) is 23.8 Å². The Morgan fingerprint density at radius 3 is 2.53 bits per heavy atom. The highest BCUT2D eigenvalue weighted by Crippen LogP contribution is 2.31. The number of benzene rings is 1. The number of methoxy groups -OCH3 is 2. The maximum absolute atomic E-state index is 9.16. The third kappa shape index (κ3) is 2.69. The molecule has 1 aliphatic rings. The topological polar surface area (TPSA) is 54.3 Å². The number of hydrogen-bond acceptors (Lipinski definition) is 4. The maximum atomic E-state index is 9.16. The minimum atomic E-state index is -0.276. The average Bonchev–Trinajstić information content (AvgIpc) is 3.19. The van der Waals surface area contributed by atoms with Crippen molar-refractivity contribution in [3.8, 4) is 17.6 Å². The monoisotopic (exact) mass is 232 g/mol. The van der Waals surface area contributed by atoms with Crippen LogP contribution in [0.5, 0.6) is 11.5 Å². The van der Waals surface area contributed by atoms with E-state index in [1.807, 2.05) is 18.2 Å². The summed E-state index contributed by atoms with van der Waals surface area (Å²) in [6.45, 7) is 0. The fourth-order valence-corrected chi connectivity index (χ4v) is 1.73. The van der Waals surface area contributed by atoms with Crippen LogP contribution in [-0.4, -0.2) is 20.3 Å². The van der Waals surface area contributed by atoms with E-state index in [1.165, 1.54) is 0 Å². The van der Waals surface area contributed by atoms with E-state index in [1.54, 1.807) is 14.2 Å². The zero-order chi connectivity index (χ0) is 12.3. The van der Waals surface area contributed by atoms with E-state index in [4.69, 9.17) is 14.7 Å². The van der Waals surface area contributed by atoms with Crippen LogP contribution in [0.1, 0.15) is 24.4 Å². The molecule has 1 unspecified atom stereocenters. The van der Waals surface area contributed by atoms with E-state index >= 15 is 0 Å². The van der Waals surface area contributed by atoms with Crippen molar-refractivity contribution in [1.29, 1.82) is 5.26 Å². The molecule has 1 atom stereocenters. The Hall–Kier alpha value is -1.73. The zero-order valence-corrected chi connectivity index (χ0v) is 10.1. The molecule has 1 aromatic carbocycles. The van der Waals surface area contributed by atoms with E-state index in [9.17, 15) is 0 Å². The summed E-state index contributed by atoms with van der Waals surface area (Å²) in [5, 5.41) is 12.4. The van der Waals surface area contributed by atoms with E-state index < -0.39 is 0 Å². The van der Waals surface area contributed by atoms with Crippen LogP contribution in [0.3, 0.4) is 0 Å². The smallest absolute Gasteiger partial charge is 0.161 e. The molecule has 0 heterocycles. The average molecular weight is 232 g/mol. The van der Waals surface area contributed by atoms with Crippen LogP contribution < -0.4 is 14.8 Å². The Kier molecular flexibility index (Phi) is 3.50. The highest BCUT2D eigenvalue weighted by molar-refractivity contribution is 5.44. The summed E-state index contributed by atoms with van der Waals surface area (Å²) in [4.78, 5) is 0. The second-order valence-corrected chi connectivity index (χ2v) is 4.12. The van der Waals surface area contributed by atoms with Gasteiger partial charge in [-0.25, -0.2) is 0 Å². The summed E-state index contributed by atoms with van der Waals surface area (Å²) < 4.78 is 10.4. The highest BCUT2D eigenvalue weighted by atomic mass is 16.5. The molecule has 90 valence electrons. The quantitative estimate of drug-likeness (QED) is 0.843. The van der Waals surface area contributed by atoms with Crippen LogP contribution in [-0.2, 0) is 0 Å². The van der Waals surface area contributed by atoms with Crippen LogP contribution >= 0.6 is 0 Å². The van der Waals surface area contributed by atoms with Gasteiger partial charge in [0.15, 0.2) is 11.5 Å². The van der Waals surface area contributed by atoms with Crippen LogP contribution in [0.25, 0.3) is 0 Å². The van der Waals surface area contributed by atoms with Gasteiger partial charge in [-0.15, -0.1) is 0 Å². The van der Waals surface area contributed by atoms with Gasteiger partial charge in [0, 0.05) is 6.04 Å². The van der Waals surface area contributed by atoms with Gasteiger partial charge in [-0.3, -0.25) is 5.32 Å². The largest absolute Gasteiger partial charge is 0.493 e. The van der Waals surface area contributed by atoms with Crippen LogP contribution in [0, 0.1) is 11.3 Å². The van der Waals surface area contributed by atoms with Crippen LogP contribution in [0.15, 0.2) is 18.2 Å². The number of nitrogens with one attached hydrogen (secondary N) is 1. The van der Waals surface area contributed by atoms with Crippen LogP contribution in [0.2, 0.25) is 0 Å². The van der Waals surface area contributed by atoms with Gasteiger partial charge in [0.2, 0.25) is 0 Å². The Morgan fingerprint density at radius 1 is 1.29 bits per heavy atom. The lowest BCUT2D eigenvalue weighted by atomic mass is 10.1. The van der Waals surface area contributed by atoms with Crippen molar-refractivity contribution in [2.45, 2.75) is 24.9 Å². The van der Waals surface area contributed by atoms with Crippen molar-refractivity contribution in [1.82, 2.24) is 5.32 Å². The zero-order valence-electron chi connectivity index (χ0n) is 10.1. The molecule has 0 radical (unpaired) electrons. The molecule has 0 aliphatic heterocycles. The molecule has 17 heavy (non-hydrogen) atoms. The third-order valence-corrected chi connectivity index (χ3v) is 2.85. The summed E-state index contributed by atoms with van der Waals surface area (Å²) >= 11 is 0. The van der Waals surface area contributed by atoms with E-state index in [0.717, 1.165) is 18.4 Å². The van der Waals surface area contributed by atoms with Crippen molar-refractivity contribution >= 4 is 0 Å². The number of hydrogen-bond donors (Lipinski definition) is 1. The summed E-state index contributed by atoms with van der Waals surface area (Å²) in [6.07, 6.45) is 2.32. The van der Waals surface area contributed by atoms with E-state index in [2.05, 4.69) is 11.4 Å². The molecular weight excluding hydrogens is 216 g/mol. The highest BCUT2D eigenvalue weighted by Gasteiger charge is 2.25. The Labute approximate surface area is 101 Å². The number of nitrogens with zero attached hydrogens (tertiary/aromatic N) is 1. The van der Waals surface area contributed by atoms with Gasteiger partial charge in [-0.2, -0.15) is 5.26 Å². The fraction of sp³-hybridized carbons (Fsp3) is 0.462. The molecule has 0 bridgehead atoms. The SMILES string of the molecule is COc1ccc(C(C#N)NC2CC2)cc1OC. The van der Waals surface area contributed by atoms with Gasteiger partial charge in [0.1, 0.15) is 6.04 Å². The lowest BCUT2D eigenvalue weighted by Gasteiger charge is -2.14. The molecule has 1 fully saturated rings. The molecule has 0 amide bonds. The Morgan fingerprint density at radius 2 is 2.00 bits per heavy atom. The number of nitriles is 1. The molecule has 4 nitrogen and oxygen atoms in total. The number of rotatable bonds is 5. The van der Waals surface area contributed by atoms with Crippen molar-refractivity contribution in [2.75, 3.05) is 14.2 Å². The van der Waals surface area contributed by atoms with Gasteiger partial charge in [-0.1, -0.05) is 6.07 Å². The predicted molar refractivity (Wildman–Crippen MR) is 64.1 cm³/mol. The minimum absolute atomic E-state index is 0.276. The maximum Gasteiger partial charge on any atom is 0.161 e. The van der Waals surface area contributed by atoms with Crippen molar-refractivity contribution in [2.24, 2.45) is 0 Å². The molecule has 4 heteroatoms. The predicted octanol–water partition coefficient (Wildman–Crippen LogP) is 2.02. The Balaban J connectivity index is 2.21. The van der Waals surface area contributed by atoms with E-state index in [-0.39, 0.29) is 6.04 Å². The van der Waals surface area contributed by atoms with Gasteiger partial charge in [0.05, 0.1) is 20.3 Å². The second kappa shape index (κ2) is 5.07. The fourth-order valence-electron chi connectivity index (χ4n) is 1.73. The summed E-state index contributed by atoms with van der Waals surface area (Å²) in [5.41, 5.74) is 0.914. The first-order chi connectivity index (χ1) is 8.28. The van der Waals surface area contributed by atoms with Crippen molar-refractivity contribution in [3.63, 3.8) is 0 Å². The standard InChI is InChI=1S/C13H16N2O2/c1-16-12-6-3-9(7-13(12)17-2)11(8-14)15-10-4-5-10/h3,6-7,10-11,15H,4-5H2,1-2H3. The molecule has 0 saturated heterocycles. The Bertz CT molecular complexity index is 436. The lowest BCUT2D eigenvalue weighted by Crippen LogP contribution is -2.22. The first kappa shape index (κ1) is 11.7. The van der Waals surface area contributed by atoms with E-state index in [0.29, 0.717) is 17.5 Å². The van der Waals surface area contributed by atoms with Gasteiger partial charge < -0.3 is 9.47 Å². The molecule has 1 aliphatic carbocycles. The summed E-state index contributed by atoms with van der Waals surface area (Å²) in [5.74, 6) is 1.34. The van der Waals surface area contributed by atoms with Crippen LogP contribution in [0.4, 0.5) is 0 Å². The van der Waals surface area contributed by atoms with Gasteiger partial charge >= 0.3 is 0 Å². The second-order valence-electron chi connectivity index (χ2n) is 4.12. The molecule has 1 aromatic rings. The molecule has 0 aromatic heterocycles. The first-order valence-corrected chi connectivity index (χ1v) is 5.66. The molecule has 2 rings (SSSR count). The molecular formula is C13H16N2O2. The van der Waals surface area contributed by atoms with Gasteiger partial charge in [-0.05, 0) is 30.5 Å². The summed E-state index contributed by atoms with van der Waals surface area (Å²) in [7, 11) is 3.19. The normalized spacial score (nSPS) is 16.1. The third-order valence-electron chi connectivity index (χ3n) is 2.85. The first-order valence-electron chi connectivity index (χ1n) is 5.66. The minimum Gasteiger partial charge on any atom is -0.493 e. The molecule has 1 N–H and O–H groups in total. The summed E-state index contributed by atoms with van der Waals surface area (Å²) in [6, 6.07) is 8.06.